The smallest absolute Gasteiger partial charge is 0.0818 e. The molecule has 0 aromatic heterocycles. The van der Waals surface area contributed by atoms with E-state index >= 15 is 0 Å². The van der Waals surface area contributed by atoms with Crippen LogP contribution in [0.4, 0.5) is 5.69 Å². The Labute approximate surface area is 109 Å². The van der Waals surface area contributed by atoms with E-state index < -0.39 is 0 Å². The lowest BCUT2D eigenvalue weighted by atomic mass is 9.87. The van der Waals surface area contributed by atoms with Crippen LogP contribution in [0, 0.1) is 5.41 Å². The second-order valence-corrected chi connectivity index (χ2v) is 8.12. The molecule has 1 N–H and O–H groups in total. The molecule has 1 nitrogen and oxygen atoms in total. The fourth-order valence-electron chi connectivity index (χ4n) is 1.90. The van der Waals surface area contributed by atoms with Gasteiger partial charge in [-0.15, -0.1) is 0 Å². The highest BCUT2D eigenvalue weighted by Crippen LogP contribution is 2.46. The maximum absolute atomic E-state index is 3.62. The topological polar surface area (TPSA) is 12.0 Å². The Balaban J connectivity index is 2.29. The minimum Gasteiger partial charge on any atom is -0.372 e. The SMILES string of the molecule is CC(C)(C)c1ccc2c(c1)SC(C(C)(C)C)N2. The van der Waals surface area contributed by atoms with E-state index in [1.807, 2.05) is 11.8 Å². The number of hydrogen-bond acceptors (Lipinski definition) is 2. The highest BCUT2D eigenvalue weighted by atomic mass is 32.2. The third-order valence-corrected chi connectivity index (χ3v) is 4.82. The van der Waals surface area contributed by atoms with Gasteiger partial charge >= 0.3 is 0 Å². The first-order chi connectivity index (χ1) is 7.68. The lowest BCUT2D eigenvalue weighted by Crippen LogP contribution is -2.27. The summed E-state index contributed by atoms with van der Waals surface area (Å²) in [6.07, 6.45) is 0. The first kappa shape index (κ1) is 12.8. The quantitative estimate of drug-likeness (QED) is 0.703. The number of hydrogen-bond donors (Lipinski definition) is 1. The van der Waals surface area contributed by atoms with Gasteiger partial charge in [0.2, 0.25) is 0 Å². The van der Waals surface area contributed by atoms with Crippen molar-refractivity contribution in [2.75, 3.05) is 5.32 Å². The van der Waals surface area contributed by atoms with Crippen molar-refractivity contribution in [2.45, 2.75) is 57.2 Å². The van der Waals surface area contributed by atoms with Crippen molar-refractivity contribution in [2.24, 2.45) is 5.41 Å². The monoisotopic (exact) mass is 249 g/mol. The van der Waals surface area contributed by atoms with Crippen molar-refractivity contribution < 1.29 is 0 Å². The average molecular weight is 249 g/mol. The highest BCUT2D eigenvalue weighted by molar-refractivity contribution is 8.00. The van der Waals surface area contributed by atoms with Gasteiger partial charge in [0.05, 0.1) is 5.37 Å². The van der Waals surface area contributed by atoms with Gasteiger partial charge in [0, 0.05) is 10.6 Å². The first-order valence-corrected chi connectivity index (χ1v) is 7.13. The number of benzene rings is 1. The second kappa shape index (κ2) is 3.94. The van der Waals surface area contributed by atoms with Crippen LogP contribution in [-0.2, 0) is 5.41 Å². The molecule has 0 spiro atoms. The summed E-state index contributed by atoms with van der Waals surface area (Å²) >= 11 is 1.96. The second-order valence-electron chi connectivity index (χ2n) is 6.97. The van der Waals surface area contributed by atoms with E-state index in [1.54, 1.807) is 0 Å². The largest absolute Gasteiger partial charge is 0.372 e. The summed E-state index contributed by atoms with van der Waals surface area (Å²) in [4.78, 5) is 1.40. The van der Waals surface area contributed by atoms with E-state index in [1.165, 1.54) is 16.1 Å². The van der Waals surface area contributed by atoms with E-state index in [-0.39, 0.29) is 10.8 Å². The number of nitrogens with one attached hydrogen (secondary N) is 1. The van der Waals surface area contributed by atoms with Gasteiger partial charge in [0.1, 0.15) is 0 Å². The van der Waals surface area contributed by atoms with Gasteiger partial charge in [-0.1, -0.05) is 59.4 Å². The Morgan fingerprint density at radius 3 is 2.24 bits per heavy atom. The van der Waals surface area contributed by atoms with Crippen LogP contribution in [0.3, 0.4) is 0 Å². The van der Waals surface area contributed by atoms with Gasteiger partial charge in [-0.25, -0.2) is 0 Å². The fraction of sp³-hybridized carbons (Fsp3) is 0.600. The van der Waals surface area contributed by atoms with Crippen molar-refractivity contribution in [1.29, 1.82) is 0 Å². The van der Waals surface area contributed by atoms with E-state index in [0.29, 0.717) is 5.37 Å². The third-order valence-electron chi connectivity index (χ3n) is 3.17. The van der Waals surface area contributed by atoms with Gasteiger partial charge in [-0.05, 0) is 28.5 Å². The maximum atomic E-state index is 3.62. The Bertz CT molecular complexity index is 424. The number of thioether (sulfide) groups is 1. The molecule has 1 aromatic carbocycles. The molecule has 0 saturated carbocycles. The molecule has 1 unspecified atom stereocenters. The summed E-state index contributed by atoms with van der Waals surface area (Å²) in [5, 5.41) is 4.10. The summed E-state index contributed by atoms with van der Waals surface area (Å²) in [5.74, 6) is 0. The zero-order valence-electron chi connectivity index (χ0n) is 11.7. The van der Waals surface area contributed by atoms with Crippen molar-refractivity contribution in [1.82, 2.24) is 0 Å². The third kappa shape index (κ3) is 2.62. The van der Waals surface area contributed by atoms with Crippen LogP contribution in [0.25, 0.3) is 0 Å². The van der Waals surface area contributed by atoms with Crippen LogP contribution in [0.1, 0.15) is 47.1 Å². The zero-order chi connectivity index (χ0) is 12.8. The molecule has 2 heteroatoms. The van der Waals surface area contributed by atoms with Gasteiger partial charge < -0.3 is 5.32 Å². The van der Waals surface area contributed by atoms with Crippen molar-refractivity contribution in [3.8, 4) is 0 Å². The number of fused-ring (bicyclic) bond motifs is 1. The van der Waals surface area contributed by atoms with E-state index in [4.69, 9.17) is 0 Å². The molecule has 0 radical (unpaired) electrons. The number of rotatable bonds is 0. The molecular formula is C15H23NS. The van der Waals surface area contributed by atoms with E-state index in [9.17, 15) is 0 Å². The minimum absolute atomic E-state index is 0.232. The molecule has 0 bridgehead atoms. The first-order valence-electron chi connectivity index (χ1n) is 6.26. The van der Waals surface area contributed by atoms with Crippen LogP contribution in [0.5, 0.6) is 0 Å². The van der Waals surface area contributed by atoms with Crippen LogP contribution in [-0.4, -0.2) is 5.37 Å². The Morgan fingerprint density at radius 2 is 1.71 bits per heavy atom. The fourth-order valence-corrected chi connectivity index (χ4v) is 3.14. The molecule has 1 aliphatic heterocycles. The molecule has 2 rings (SSSR count). The molecule has 0 amide bonds. The lowest BCUT2D eigenvalue weighted by Gasteiger charge is -2.26. The Morgan fingerprint density at radius 1 is 1.06 bits per heavy atom. The van der Waals surface area contributed by atoms with E-state index in [0.717, 1.165) is 0 Å². The van der Waals surface area contributed by atoms with Crippen molar-refractivity contribution >= 4 is 17.4 Å². The average Bonchev–Trinajstić information content (AvgIpc) is 2.57. The summed E-state index contributed by atoms with van der Waals surface area (Å²) < 4.78 is 0. The van der Waals surface area contributed by atoms with E-state index in [2.05, 4.69) is 65.1 Å². The van der Waals surface area contributed by atoms with Crippen molar-refractivity contribution in [3.63, 3.8) is 0 Å². The van der Waals surface area contributed by atoms with Gasteiger partial charge in [-0.3, -0.25) is 0 Å². The summed E-state index contributed by atoms with van der Waals surface area (Å²) in [6, 6.07) is 6.82. The van der Waals surface area contributed by atoms with Gasteiger partial charge in [0.25, 0.3) is 0 Å². The van der Waals surface area contributed by atoms with Gasteiger partial charge in [0.15, 0.2) is 0 Å². The van der Waals surface area contributed by atoms with Crippen LogP contribution in [0.2, 0.25) is 0 Å². The van der Waals surface area contributed by atoms with Crippen LogP contribution < -0.4 is 5.32 Å². The molecule has 0 fully saturated rings. The highest BCUT2D eigenvalue weighted by Gasteiger charge is 2.32. The van der Waals surface area contributed by atoms with Crippen LogP contribution >= 0.6 is 11.8 Å². The lowest BCUT2D eigenvalue weighted by molar-refractivity contribution is 0.419. The molecule has 0 aliphatic carbocycles. The minimum atomic E-state index is 0.232. The predicted octanol–water partition coefficient (Wildman–Crippen LogP) is 4.87. The maximum Gasteiger partial charge on any atom is 0.0818 e. The predicted molar refractivity (Wildman–Crippen MR) is 77.9 cm³/mol. The normalized spacial score (nSPS) is 20.0. The summed E-state index contributed by atoms with van der Waals surface area (Å²) in [7, 11) is 0. The molecule has 0 saturated heterocycles. The standard InChI is InChI=1S/C15H23NS/c1-14(2,3)10-7-8-11-12(9-10)17-13(16-11)15(4,5)6/h7-9,13,16H,1-6H3. The molecule has 1 aliphatic rings. The molecule has 94 valence electrons. The zero-order valence-corrected chi connectivity index (χ0v) is 12.5. The Hall–Kier alpha value is -0.630. The molecule has 1 heterocycles. The molecule has 17 heavy (non-hydrogen) atoms. The van der Waals surface area contributed by atoms with Crippen molar-refractivity contribution in [3.05, 3.63) is 23.8 Å². The summed E-state index contributed by atoms with van der Waals surface area (Å²) in [5.41, 5.74) is 3.23. The molecule has 1 aromatic rings. The van der Waals surface area contributed by atoms with Gasteiger partial charge in [-0.2, -0.15) is 0 Å². The summed E-state index contributed by atoms with van der Waals surface area (Å²) in [6.45, 7) is 13.7. The van der Waals surface area contributed by atoms with Crippen LogP contribution in [0.15, 0.2) is 23.1 Å². The number of anilines is 1. The molecular weight excluding hydrogens is 226 g/mol. The molecule has 1 atom stereocenters. The Kier molecular flexibility index (Phi) is 2.97.